The second kappa shape index (κ2) is 7.28. The summed E-state index contributed by atoms with van der Waals surface area (Å²) >= 11 is 0. The van der Waals surface area contributed by atoms with Crippen molar-refractivity contribution >= 4 is 21.6 Å². The maximum absolute atomic E-state index is 12.2. The topological polar surface area (TPSA) is 125 Å². The third kappa shape index (κ3) is 4.91. The van der Waals surface area contributed by atoms with Crippen LogP contribution in [-0.2, 0) is 14.8 Å². The van der Waals surface area contributed by atoms with Crippen LogP contribution in [0.5, 0.6) is 5.75 Å². The Bertz CT molecular complexity index is 614. The number of carbonyl (C=O) groups is 1. The summed E-state index contributed by atoms with van der Waals surface area (Å²) in [6, 6.07) is 2.96. The van der Waals surface area contributed by atoms with Crippen LogP contribution >= 0.6 is 0 Å². The van der Waals surface area contributed by atoms with E-state index in [1.807, 2.05) is 0 Å². The summed E-state index contributed by atoms with van der Waals surface area (Å²) in [6.45, 7) is 1.98. The molecule has 21 heavy (non-hydrogen) atoms. The number of sulfonamides is 1. The number of methoxy groups -OCH3 is 1. The normalized spacial score (nSPS) is 11.3. The largest absolute Gasteiger partial charge is 0.495 e. The quantitative estimate of drug-likeness (QED) is 0.476. The lowest BCUT2D eigenvalue weighted by molar-refractivity contribution is -0.118. The maximum Gasteiger partial charge on any atom is 0.244 e. The Balaban J connectivity index is 2.78. The van der Waals surface area contributed by atoms with Gasteiger partial charge in [0.2, 0.25) is 15.9 Å². The number of nitrogen functional groups attached to an aromatic ring is 1. The van der Waals surface area contributed by atoms with Crippen molar-refractivity contribution in [3.05, 3.63) is 17.7 Å². The molecule has 0 aliphatic heterocycles. The molecule has 0 saturated carbocycles. The van der Waals surface area contributed by atoms with E-state index in [2.05, 4.69) is 4.72 Å². The molecule has 8 heteroatoms. The van der Waals surface area contributed by atoms with Gasteiger partial charge in [-0.15, -0.1) is 0 Å². The maximum atomic E-state index is 12.2. The number of nitrogens with one attached hydrogen (secondary N) is 1. The van der Waals surface area contributed by atoms with Crippen molar-refractivity contribution in [2.75, 3.05) is 19.4 Å². The van der Waals surface area contributed by atoms with Gasteiger partial charge in [-0.3, -0.25) is 4.79 Å². The average Bonchev–Trinajstić information content (AvgIpc) is 2.40. The standard InChI is InChI=1S/C13H21N3O4S/c1-9-7-11(20-2)12(8-10(9)14)21(18,19)16-6-4-3-5-13(15)17/h7-8,16H,3-6,14H2,1-2H3,(H2,15,17). The summed E-state index contributed by atoms with van der Waals surface area (Å²) in [5, 5.41) is 0. The molecular weight excluding hydrogens is 294 g/mol. The van der Waals surface area contributed by atoms with Gasteiger partial charge in [0.1, 0.15) is 10.6 Å². The number of nitrogens with two attached hydrogens (primary N) is 2. The van der Waals surface area contributed by atoms with E-state index in [1.165, 1.54) is 13.2 Å². The highest BCUT2D eigenvalue weighted by atomic mass is 32.2. The lowest BCUT2D eigenvalue weighted by atomic mass is 10.2. The van der Waals surface area contributed by atoms with Crippen molar-refractivity contribution in [1.29, 1.82) is 0 Å². The Morgan fingerprint density at radius 1 is 1.33 bits per heavy atom. The Morgan fingerprint density at radius 3 is 2.57 bits per heavy atom. The van der Waals surface area contributed by atoms with Crippen molar-refractivity contribution in [3.63, 3.8) is 0 Å². The number of unbranched alkanes of at least 4 members (excludes halogenated alkanes) is 1. The highest BCUT2D eigenvalue weighted by Gasteiger charge is 2.20. The molecule has 0 saturated heterocycles. The Kier molecular flexibility index (Phi) is 5.98. The molecule has 5 N–H and O–H groups in total. The molecule has 0 fully saturated rings. The van der Waals surface area contributed by atoms with Gasteiger partial charge >= 0.3 is 0 Å². The van der Waals surface area contributed by atoms with Gasteiger partial charge in [-0.05, 0) is 37.5 Å². The monoisotopic (exact) mass is 315 g/mol. The van der Waals surface area contributed by atoms with Gasteiger partial charge in [0.15, 0.2) is 0 Å². The molecular formula is C13H21N3O4S. The molecule has 0 heterocycles. The molecule has 0 aliphatic rings. The number of hydrogen-bond acceptors (Lipinski definition) is 5. The fourth-order valence-electron chi connectivity index (χ4n) is 1.76. The second-order valence-electron chi connectivity index (χ2n) is 4.68. The SMILES string of the molecule is COc1cc(C)c(N)cc1S(=O)(=O)NCCCCC(N)=O. The van der Waals surface area contributed by atoms with Crippen LogP contribution < -0.4 is 20.9 Å². The van der Waals surface area contributed by atoms with Crippen LogP contribution in [0.1, 0.15) is 24.8 Å². The van der Waals surface area contributed by atoms with Crippen LogP contribution in [-0.4, -0.2) is 28.0 Å². The summed E-state index contributed by atoms with van der Waals surface area (Å²) in [7, 11) is -2.31. The second-order valence-corrected chi connectivity index (χ2v) is 6.42. The number of benzene rings is 1. The highest BCUT2D eigenvalue weighted by Crippen LogP contribution is 2.28. The molecule has 0 aliphatic carbocycles. The van der Waals surface area contributed by atoms with Crippen LogP contribution in [0.4, 0.5) is 5.69 Å². The van der Waals surface area contributed by atoms with E-state index >= 15 is 0 Å². The summed E-state index contributed by atoms with van der Waals surface area (Å²) in [5.74, 6) is -0.155. The van der Waals surface area contributed by atoms with E-state index in [4.69, 9.17) is 16.2 Å². The zero-order valence-electron chi connectivity index (χ0n) is 12.2. The lowest BCUT2D eigenvalue weighted by Crippen LogP contribution is -2.25. The van der Waals surface area contributed by atoms with Crippen molar-refractivity contribution in [1.82, 2.24) is 4.72 Å². The first-order valence-electron chi connectivity index (χ1n) is 6.50. The number of ether oxygens (including phenoxy) is 1. The molecule has 0 unspecified atom stereocenters. The summed E-state index contributed by atoms with van der Waals surface area (Å²) < 4.78 is 32.0. The fraction of sp³-hybridized carbons (Fsp3) is 0.462. The van der Waals surface area contributed by atoms with Crippen LogP contribution in [0.2, 0.25) is 0 Å². The van der Waals surface area contributed by atoms with Crippen molar-refractivity contribution in [2.24, 2.45) is 5.73 Å². The van der Waals surface area contributed by atoms with E-state index in [1.54, 1.807) is 13.0 Å². The minimum Gasteiger partial charge on any atom is -0.495 e. The Hall–Kier alpha value is -1.80. The van der Waals surface area contributed by atoms with Gasteiger partial charge < -0.3 is 16.2 Å². The summed E-state index contributed by atoms with van der Waals surface area (Å²) in [5.41, 5.74) is 11.9. The van der Waals surface area contributed by atoms with Gasteiger partial charge in [0.05, 0.1) is 7.11 Å². The number of carbonyl (C=O) groups excluding carboxylic acids is 1. The van der Waals surface area contributed by atoms with Gasteiger partial charge in [-0.2, -0.15) is 0 Å². The molecule has 0 radical (unpaired) electrons. The van der Waals surface area contributed by atoms with Crippen molar-refractivity contribution < 1.29 is 17.9 Å². The molecule has 0 atom stereocenters. The van der Waals surface area contributed by atoms with Crippen LogP contribution in [0.15, 0.2) is 17.0 Å². The molecule has 7 nitrogen and oxygen atoms in total. The van der Waals surface area contributed by atoms with Gasteiger partial charge in [0, 0.05) is 18.7 Å². The van der Waals surface area contributed by atoms with Crippen molar-refractivity contribution in [2.45, 2.75) is 31.1 Å². The third-order valence-electron chi connectivity index (χ3n) is 2.98. The number of aryl methyl sites for hydroxylation is 1. The van der Waals surface area contributed by atoms with Gasteiger partial charge in [-0.1, -0.05) is 0 Å². The molecule has 0 aromatic heterocycles. The molecule has 1 amide bonds. The van der Waals surface area contributed by atoms with E-state index in [9.17, 15) is 13.2 Å². The Labute approximate surface area is 124 Å². The number of anilines is 1. The fourth-order valence-corrected chi connectivity index (χ4v) is 3.01. The minimum atomic E-state index is -3.71. The van der Waals surface area contributed by atoms with Crippen molar-refractivity contribution in [3.8, 4) is 5.75 Å². The average molecular weight is 315 g/mol. The predicted octanol–water partition coefficient (Wildman–Crippen LogP) is 0.520. The van der Waals surface area contributed by atoms with E-state index in [-0.39, 0.29) is 23.6 Å². The first-order valence-corrected chi connectivity index (χ1v) is 7.98. The molecule has 0 spiro atoms. The molecule has 0 bridgehead atoms. The number of primary amides is 1. The Morgan fingerprint density at radius 2 is 2.00 bits per heavy atom. The van der Waals surface area contributed by atoms with Crippen LogP contribution in [0, 0.1) is 6.92 Å². The number of hydrogen-bond donors (Lipinski definition) is 3. The predicted molar refractivity (Wildman–Crippen MR) is 80.4 cm³/mol. The van der Waals surface area contributed by atoms with E-state index < -0.39 is 15.9 Å². The minimum absolute atomic E-state index is 0.00278. The first-order chi connectivity index (χ1) is 9.77. The lowest BCUT2D eigenvalue weighted by Gasteiger charge is -2.13. The van der Waals surface area contributed by atoms with E-state index in [0.29, 0.717) is 18.5 Å². The third-order valence-corrected chi connectivity index (χ3v) is 4.47. The zero-order valence-corrected chi connectivity index (χ0v) is 13.0. The first kappa shape index (κ1) is 17.3. The zero-order chi connectivity index (χ0) is 16.0. The smallest absolute Gasteiger partial charge is 0.244 e. The number of rotatable bonds is 8. The molecule has 1 rings (SSSR count). The van der Waals surface area contributed by atoms with Gasteiger partial charge in [-0.25, -0.2) is 13.1 Å². The summed E-state index contributed by atoms with van der Waals surface area (Å²) in [4.78, 5) is 10.6. The number of amides is 1. The molecule has 1 aromatic rings. The van der Waals surface area contributed by atoms with Crippen LogP contribution in [0.25, 0.3) is 0 Å². The summed E-state index contributed by atoms with van der Waals surface area (Å²) in [6.07, 6.45) is 1.29. The highest BCUT2D eigenvalue weighted by molar-refractivity contribution is 7.89. The van der Waals surface area contributed by atoms with Gasteiger partial charge in [0.25, 0.3) is 0 Å². The molecule has 1 aromatic carbocycles. The van der Waals surface area contributed by atoms with Crippen LogP contribution in [0.3, 0.4) is 0 Å². The molecule has 118 valence electrons. The van der Waals surface area contributed by atoms with E-state index in [0.717, 1.165) is 5.56 Å².